The van der Waals surface area contributed by atoms with E-state index in [9.17, 15) is 9.59 Å². The number of aromatic nitrogens is 4. The first-order chi connectivity index (χ1) is 17.0. The van der Waals surface area contributed by atoms with E-state index in [0.717, 1.165) is 38.4 Å². The van der Waals surface area contributed by atoms with Gasteiger partial charge < -0.3 is 20.2 Å². The number of anilines is 1. The third-order valence-corrected chi connectivity index (χ3v) is 6.69. The molecule has 176 valence electrons. The van der Waals surface area contributed by atoms with Crippen molar-refractivity contribution in [2.75, 3.05) is 5.32 Å². The number of H-pyrrole nitrogens is 1. The van der Waals surface area contributed by atoms with Crippen molar-refractivity contribution in [2.24, 2.45) is 7.05 Å². The fourth-order valence-corrected chi connectivity index (χ4v) is 5.10. The van der Waals surface area contributed by atoms with Crippen molar-refractivity contribution in [2.45, 2.75) is 19.4 Å². The SMILES string of the molecule is CC(=O)NC(Cc1c[nH]c2ccccc12)C(=O)Nc1nc(-c2ccccc2)c(-c2nccn2C)s1. The highest BCUT2D eigenvalue weighted by atomic mass is 32.1. The zero-order valence-corrected chi connectivity index (χ0v) is 20.1. The summed E-state index contributed by atoms with van der Waals surface area (Å²) in [6, 6.07) is 16.9. The molecule has 0 saturated heterocycles. The number of carbonyl (C=O) groups excluding carboxylic acids is 2. The fourth-order valence-electron chi connectivity index (χ4n) is 4.07. The first-order valence-electron chi connectivity index (χ1n) is 11.2. The molecule has 0 aliphatic carbocycles. The number of benzene rings is 2. The average molecular weight is 485 g/mol. The van der Waals surface area contributed by atoms with E-state index >= 15 is 0 Å². The van der Waals surface area contributed by atoms with Gasteiger partial charge in [0.1, 0.15) is 6.04 Å². The van der Waals surface area contributed by atoms with E-state index < -0.39 is 6.04 Å². The highest BCUT2D eigenvalue weighted by Gasteiger charge is 2.24. The van der Waals surface area contributed by atoms with Crippen molar-refractivity contribution in [3.63, 3.8) is 0 Å². The summed E-state index contributed by atoms with van der Waals surface area (Å²) in [6.45, 7) is 1.41. The van der Waals surface area contributed by atoms with Gasteiger partial charge in [-0.15, -0.1) is 0 Å². The van der Waals surface area contributed by atoms with Crippen LogP contribution < -0.4 is 10.6 Å². The molecule has 3 aromatic heterocycles. The summed E-state index contributed by atoms with van der Waals surface area (Å²) in [6.07, 6.45) is 5.83. The van der Waals surface area contributed by atoms with Gasteiger partial charge in [0, 0.05) is 55.4 Å². The zero-order chi connectivity index (χ0) is 24.4. The van der Waals surface area contributed by atoms with E-state index in [1.807, 2.05) is 78.6 Å². The van der Waals surface area contributed by atoms with Gasteiger partial charge in [0.2, 0.25) is 11.8 Å². The van der Waals surface area contributed by atoms with E-state index in [2.05, 4.69) is 20.6 Å². The van der Waals surface area contributed by atoms with Crippen LogP contribution in [0.5, 0.6) is 0 Å². The lowest BCUT2D eigenvalue weighted by atomic mass is 10.0. The van der Waals surface area contributed by atoms with Crippen LogP contribution in [0.25, 0.3) is 32.9 Å². The number of carbonyl (C=O) groups is 2. The van der Waals surface area contributed by atoms with Crippen molar-refractivity contribution in [1.82, 2.24) is 24.8 Å². The van der Waals surface area contributed by atoms with Crippen LogP contribution in [0.15, 0.2) is 73.2 Å². The Labute approximate surface area is 206 Å². The molecule has 2 aromatic carbocycles. The molecule has 5 rings (SSSR count). The minimum atomic E-state index is -0.757. The molecule has 0 aliphatic rings. The molecular formula is C26H24N6O2S. The molecule has 0 aliphatic heterocycles. The molecule has 9 heteroatoms. The Morgan fingerprint density at radius 3 is 2.63 bits per heavy atom. The number of nitrogens with one attached hydrogen (secondary N) is 3. The normalized spacial score (nSPS) is 11.9. The molecule has 1 atom stereocenters. The van der Waals surface area contributed by atoms with Crippen molar-refractivity contribution < 1.29 is 9.59 Å². The highest BCUT2D eigenvalue weighted by molar-refractivity contribution is 7.19. The van der Waals surface area contributed by atoms with Crippen LogP contribution in [-0.2, 0) is 23.1 Å². The van der Waals surface area contributed by atoms with Crippen molar-refractivity contribution in [1.29, 1.82) is 0 Å². The van der Waals surface area contributed by atoms with Crippen LogP contribution in [0, 0.1) is 0 Å². The quantitative estimate of drug-likeness (QED) is 0.319. The third-order valence-electron chi connectivity index (χ3n) is 5.72. The lowest BCUT2D eigenvalue weighted by Crippen LogP contribution is -2.44. The van der Waals surface area contributed by atoms with Crippen LogP contribution in [0.3, 0.4) is 0 Å². The van der Waals surface area contributed by atoms with Gasteiger partial charge in [0.05, 0.1) is 10.6 Å². The fraction of sp³-hybridized carbons (Fsp3) is 0.154. The monoisotopic (exact) mass is 484 g/mol. The molecule has 3 heterocycles. The lowest BCUT2D eigenvalue weighted by Gasteiger charge is -2.16. The van der Waals surface area contributed by atoms with Gasteiger partial charge in [-0.25, -0.2) is 9.97 Å². The van der Waals surface area contributed by atoms with E-state index in [4.69, 9.17) is 4.98 Å². The second-order valence-corrected chi connectivity index (χ2v) is 9.23. The summed E-state index contributed by atoms with van der Waals surface area (Å²) >= 11 is 1.36. The first-order valence-corrected chi connectivity index (χ1v) is 12.0. The van der Waals surface area contributed by atoms with Gasteiger partial charge in [0.15, 0.2) is 11.0 Å². The van der Waals surface area contributed by atoms with Gasteiger partial charge in [-0.2, -0.15) is 0 Å². The largest absolute Gasteiger partial charge is 0.361 e. The average Bonchev–Trinajstić information content (AvgIpc) is 3.57. The Bertz CT molecular complexity index is 1500. The van der Waals surface area contributed by atoms with Crippen molar-refractivity contribution in [3.05, 3.63) is 78.8 Å². The van der Waals surface area contributed by atoms with E-state index in [-0.39, 0.29) is 11.8 Å². The maximum atomic E-state index is 13.3. The number of hydrogen-bond donors (Lipinski definition) is 3. The Hall–Kier alpha value is -4.24. The number of fused-ring (bicyclic) bond motifs is 1. The summed E-state index contributed by atoms with van der Waals surface area (Å²) in [4.78, 5) is 38.5. The summed E-state index contributed by atoms with van der Waals surface area (Å²) < 4.78 is 1.92. The third kappa shape index (κ3) is 4.71. The predicted octanol–water partition coefficient (Wildman–Crippen LogP) is 4.38. The lowest BCUT2D eigenvalue weighted by molar-refractivity contribution is -0.125. The molecule has 2 amide bonds. The van der Waals surface area contributed by atoms with Crippen LogP contribution in [-0.4, -0.2) is 37.4 Å². The second-order valence-electron chi connectivity index (χ2n) is 8.23. The molecular weight excluding hydrogens is 460 g/mol. The number of aryl methyl sites for hydroxylation is 1. The minimum Gasteiger partial charge on any atom is -0.361 e. The molecule has 0 bridgehead atoms. The summed E-state index contributed by atoms with van der Waals surface area (Å²) in [5.41, 5.74) is 3.61. The van der Waals surface area contributed by atoms with E-state index in [1.165, 1.54) is 18.3 Å². The highest BCUT2D eigenvalue weighted by Crippen LogP contribution is 2.38. The summed E-state index contributed by atoms with van der Waals surface area (Å²) in [5, 5.41) is 7.18. The number of hydrogen-bond acceptors (Lipinski definition) is 5. The number of rotatable bonds is 7. The standard InChI is InChI=1S/C26H24N6O2S/c1-16(33)29-21(14-18-15-28-20-11-7-6-10-19(18)20)25(34)31-26-30-22(17-8-4-3-5-9-17)23(35-26)24-27-12-13-32(24)2/h3-13,15,21,28H,14H2,1-2H3,(H,29,33)(H,30,31,34). The van der Waals surface area contributed by atoms with Gasteiger partial charge in [-0.3, -0.25) is 9.59 Å². The zero-order valence-electron chi connectivity index (χ0n) is 19.3. The van der Waals surface area contributed by atoms with Crippen molar-refractivity contribution in [3.8, 4) is 22.0 Å². The van der Waals surface area contributed by atoms with Crippen molar-refractivity contribution >= 4 is 39.2 Å². The van der Waals surface area contributed by atoms with Gasteiger partial charge in [-0.05, 0) is 11.6 Å². The molecule has 0 radical (unpaired) electrons. The van der Waals surface area contributed by atoms with Crippen LogP contribution >= 0.6 is 11.3 Å². The number of para-hydroxylation sites is 1. The smallest absolute Gasteiger partial charge is 0.249 e. The maximum absolute atomic E-state index is 13.3. The topological polar surface area (TPSA) is 105 Å². The maximum Gasteiger partial charge on any atom is 0.249 e. The molecule has 0 saturated carbocycles. The number of amides is 2. The molecule has 1 unspecified atom stereocenters. The van der Waals surface area contributed by atoms with Crippen LogP contribution in [0.4, 0.5) is 5.13 Å². The van der Waals surface area contributed by atoms with E-state index in [0.29, 0.717) is 11.6 Å². The van der Waals surface area contributed by atoms with E-state index in [1.54, 1.807) is 6.20 Å². The number of imidazole rings is 1. The molecule has 0 spiro atoms. The number of thiazole rings is 1. The predicted molar refractivity (Wildman–Crippen MR) is 138 cm³/mol. The minimum absolute atomic E-state index is 0.275. The molecule has 5 aromatic rings. The molecule has 35 heavy (non-hydrogen) atoms. The van der Waals surface area contributed by atoms with Gasteiger partial charge >= 0.3 is 0 Å². The Balaban J connectivity index is 1.45. The molecule has 8 nitrogen and oxygen atoms in total. The van der Waals surface area contributed by atoms with Crippen LogP contribution in [0.2, 0.25) is 0 Å². The Morgan fingerprint density at radius 2 is 1.89 bits per heavy atom. The summed E-state index contributed by atoms with van der Waals surface area (Å²) in [5.74, 6) is 0.159. The summed E-state index contributed by atoms with van der Waals surface area (Å²) in [7, 11) is 1.92. The molecule has 0 fully saturated rings. The number of aromatic amines is 1. The number of nitrogens with zero attached hydrogens (tertiary/aromatic N) is 3. The van der Waals surface area contributed by atoms with Gasteiger partial charge in [0.25, 0.3) is 0 Å². The Morgan fingerprint density at radius 1 is 1.11 bits per heavy atom. The molecule has 3 N–H and O–H groups in total. The van der Waals surface area contributed by atoms with Gasteiger partial charge in [-0.1, -0.05) is 59.9 Å². The van der Waals surface area contributed by atoms with Crippen LogP contribution in [0.1, 0.15) is 12.5 Å². The second kappa shape index (κ2) is 9.55. The first kappa shape index (κ1) is 22.5. The Kier molecular flexibility index (Phi) is 6.15.